The average molecular weight is 241 g/mol. The van der Waals surface area contributed by atoms with Crippen LogP contribution in [0.4, 0.5) is 0 Å². The number of hydrogen-bond donors (Lipinski definition) is 1. The Hall–Kier alpha value is -1.77. The number of nitrogens with one attached hydrogen (secondary N) is 1. The van der Waals surface area contributed by atoms with Crippen LogP contribution in [0.5, 0.6) is 0 Å². The van der Waals surface area contributed by atoms with Crippen LogP contribution in [0.2, 0.25) is 0 Å². The van der Waals surface area contributed by atoms with E-state index in [2.05, 4.69) is 51.6 Å². The Bertz CT molecular complexity index is 456. The first kappa shape index (κ1) is 11.3. The second kappa shape index (κ2) is 5.25. The van der Waals surface area contributed by atoms with Crippen LogP contribution >= 0.6 is 0 Å². The van der Waals surface area contributed by atoms with Gasteiger partial charge >= 0.3 is 0 Å². The molecule has 3 nitrogen and oxygen atoms in total. The first-order valence-corrected chi connectivity index (χ1v) is 6.74. The van der Waals surface area contributed by atoms with Gasteiger partial charge in [0.25, 0.3) is 0 Å². The zero-order valence-corrected chi connectivity index (χ0v) is 10.6. The normalized spacial score (nSPS) is 19.9. The third kappa shape index (κ3) is 2.40. The number of rotatable bonds is 1. The number of likely N-dealkylation sites (tertiary alicyclic amines) is 1. The summed E-state index contributed by atoms with van der Waals surface area (Å²) in [6.45, 7) is 4.07. The Morgan fingerprint density at radius 1 is 1.06 bits per heavy atom. The van der Waals surface area contributed by atoms with Crippen molar-refractivity contribution in [2.75, 3.05) is 26.2 Å². The molecule has 0 radical (unpaired) electrons. The van der Waals surface area contributed by atoms with Gasteiger partial charge in [0.15, 0.2) is 0 Å². The van der Waals surface area contributed by atoms with Crippen molar-refractivity contribution in [3.8, 4) is 0 Å². The van der Waals surface area contributed by atoms with E-state index in [9.17, 15) is 0 Å². The smallest absolute Gasteiger partial charge is 0.125 e. The largest absolute Gasteiger partial charge is 0.383 e. The van der Waals surface area contributed by atoms with Gasteiger partial charge in [-0.15, -0.1) is 0 Å². The highest BCUT2D eigenvalue weighted by Gasteiger charge is 2.16. The second-order valence-corrected chi connectivity index (χ2v) is 4.78. The van der Waals surface area contributed by atoms with Gasteiger partial charge in [0.2, 0.25) is 0 Å². The number of benzene rings is 1. The second-order valence-electron chi connectivity index (χ2n) is 4.78. The van der Waals surface area contributed by atoms with Crippen molar-refractivity contribution in [3.05, 3.63) is 42.0 Å². The molecular formula is C15H19N3. The van der Waals surface area contributed by atoms with Crippen LogP contribution in [0, 0.1) is 0 Å². The fourth-order valence-corrected chi connectivity index (χ4v) is 2.53. The minimum atomic E-state index is 0.860. The first-order chi connectivity index (χ1) is 8.93. The average Bonchev–Trinajstić information content (AvgIpc) is 2.85. The van der Waals surface area contributed by atoms with Crippen LogP contribution < -0.4 is 5.32 Å². The van der Waals surface area contributed by atoms with Gasteiger partial charge in [0.05, 0.1) is 6.54 Å². The van der Waals surface area contributed by atoms with Gasteiger partial charge in [-0.25, -0.2) is 0 Å². The predicted octanol–water partition coefficient (Wildman–Crippen LogP) is 2.12. The molecule has 94 valence electrons. The molecule has 0 aliphatic carbocycles. The predicted molar refractivity (Wildman–Crippen MR) is 75.5 cm³/mol. The van der Waals surface area contributed by atoms with E-state index in [4.69, 9.17) is 0 Å². The molecule has 0 unspecified atom stereocenters. The monoisotopic (exact) mass is 241 g/mol. The molecule has 3 rings (SSSR count). The third-order valence-electron chi connectivity index (χ3n) is 3.49. The van der Waals surface area contributed by atoms with Crippen molar-refractivity contribution in [3.63, 3.8) is 0 Å². The van der Waals surface area contributed by atoms with Crippen LogP contribution in [0.15, 0.2) is 41.4 Å². The minimum absolute atomic E-state index is 0.860. The number of aliphatic imine (C=N–C) groups is 1. The van der Waals surface area contributed by atoms with Crippen molar-refractivity contribution >= 4 is 11.5 Å². The highest BCUT2D eigenvalue weighted by molar-refractivity contribution is 5.99. The van der Waals surface area contributed by atoms with E-state index in [1.807, 2.05) is 0 Å². The molecular weight excluding hydrogens is 222 g/mol. The molecule has 2 heterocycles. The lowest BCUT2D eigenvalue weighted by Crippen LogP contribution is -2.26. The summed E-state index contributed by atoms with van der Waals surface area (Å²) in [5.41, 5.74) is 2.44. The lowest BCUT2D eigenvalue weighted by Gasteiger charge is -2.17. The van der Waals surface area contributed by atoms with Crippen LogP contribution in [-0.4, -0.2) is 36.9 Å². The SMILES string of the molecule is C1=C(c2ccccc2)NCCN=C1N1CCCC1. The van der Waals surface area contributed by atoms with E-state index in [1.165, 1.54) is 24.1 Å². The van der Waals surface area contributed by atoms with Gasteiger partial charge in [0.1, 0.15) is 5.84 Å². The van der Waals surface area contributed by atoms with E-state index >= 15 is 0 Å². The van der Waals surface area contributed by atoms with E-state index in [1.54, 1.807) is 0 Å². The number of hydrogen-bond acceptors (Lipinski definition) is 3. The van der Waals surface area contributed by atoms with Gasteiger partial charge in [-0.05, 0) is 18.4 Å². The summed E-state index contributed by atoms with van der Waals surface area (Å²) in [7, 11) is 0. The molecule has 1 aromatic carbocycles. The summed E-state index contributed by atoms with van der Waals surface area (Å²) in [6.07, 6.45) is 4.79. The highest BCUT2D eigenvalue weighted by Crippen LogP contribution is 2.16. The zero-order valence-electron chi connectivity index (χ0n) is 10.6. The molecule has 0 atom stereocenters. The fraction of sp³-hybridized carbons (Fsp3) is 0.400. The Balaban J connectivity index is 1.87. The summed E-state index contributed by atoms with van der Waals surface area (Å²) in [4.78, 5) is 7.08. The standard InChI is InChI=1S/C15H19N3/c1-2-6-13(7-3-1)14-12-15(17-9-8-16-14)18-10-4-5-11-18/h1-3,6-7,12,16H,4-5,8-11H2. The first-order valence-electron chi connectivity index (χ1n) is 6.74. The van der Waals surface area contributed by atoms with Gasteiger partial charge < -0.3 is 10.2 Å². The van der Waals surface area contributed by atoms with E-state index < -0.39 is 0 Å². The van der Waals surface area contributed by atoms with Gasteiger partial charge in [-0.1, -0.05) is 30.3 Å². The van der Waals surface area contributed by atoms with Crippen LogP contribution in [0.3, 0.4) is 0 Å². The Morgan fingerprint density at radius 3 is 2.61 bits per heavy atom. The molecule has 18 heavy (non-hydrogen) atoms. The van der Waals surface area contributed by atoms with Crippen molar-refractivity contribution in [1.82, 2.24) is 10.2 Å². The number of amidine groups is 1. The summed E-state index contributed by atoms with van der Waals surface area (Å²) in [6, 6.07) is 10.5. The fourth-order valence-electron chi connectivity index (χ4n) is 2.53. The van der Waals surface area contributed by atoms with E-state index in [0.29, 0.717) is 0 Å². The molecule has 2 aliphatic heterocycles. The lowest BCUT2D eigenvalue weighted by atomic mass is 10.1. The summed E-state index contributed by atoms with van der Waals surface area (Å²) >= 11 is 0. The molecule has 1 saturated heterocycles. The van der Waals surface area contributed by atoms with Crippen molar-refractivity contribution in [2.24, 2.45) is 4.99 Å². The van der Waals surface area contributed by atoms with Crippen molar-refractivity contribution in [2.45, 2.75) is 12.8 Å². The van der Waals surface area contributed by atoms with Crippen molar-refractivity contribution < 1.29 is 0 Å². The molecule has 3 heteroatoms. The molecule has 2 aliphatic rings. The molecule has 1 N–H and O–H groups in total. The van der Waals surface area contributed by atoms with Crippen LogP contribution in [0.25, 0.3) is 5.70 Å². The summed E-state index contributed by atoms with van der Waals surface area (Å²) < 4.78 is 0. The lowest BCUT2D eigenvalue weighted by molar-refractivity contribution is 0.520. The summed E-state index contributed by atoms with van der Waals surface area (Å²) in [5.74, 6) is 1.15. The van der Waals surface area contributed by atoms with Gasteiger partial charge in [-0.2, -0.15) is 0 Å². The molecule has 0 bridgehead atoms. The van der Waals surface area contributed by atoms with Gasteiger partial charge in [0, 0.05) is 31.4 Å². The Morgan fingerprint density at radius 2 is 1.83 bits per heavy atom. The Labute approximate surface area is 108 Å². The molecule has 0 aromatic heterocycles. The van der Waals surface area contributed by atoms with Crippen LogP contribution in [-0.2, 0) is 0 Å². The quantitative estimate of drug-likeness (QED) is 0.815. The van der Waals surface area contributed by atoms with Crippen molar-refractivity contribution in [1.29, 1.82) is 0 Å². The molecule has 0 spiro atoms. The minimum Gasteiger partial charge on any atom is -0.383 e. The maximum Gasteiger partial charge on any atom is 0.125 e. The molecule has 1 fully saturated rings. The third-order valence-corrected chi connectivity index (χ3v) is 3.49. The highest BCUT2D eigenvalue weighted by atomic mass is 15.2. The molecule has 1 aromatic rings. The van der Waals surface area contributed by atoms with E-state index in [-0.39, 0.29) is 0 Å². The van der Waals surface area contributed by atoms with E-state index in [0.717, 1.165) is 32.0 Å². The summed E-state index contributed by atoms with van der Waals surface area (Å²) in [5, 5.41) is 3.47. The molecule has 0 saturated carbocycles. The number of nitrogens with zero attached hydrogens (tertiary/aromatic N) is 2. The van der Waals surface area contributed by atoms with Crippen LogP contribution in [0.1, 0.15) is 18.4 Å². The maximum absolute atomic E-state index is 4.68. The maximum atomic E-state index is 4.68. The zero-order chi connectivity index (χ0) is 12.2. The molecule has 0 amide bonds. The Kier molecular flexibility index (Phi) is 3.31. The van der Waals surface area contributed by atoms with Gasteiger partial charge in [-0.3, -0.25) is 4.99 Å². The topological polar surface area (TPSA) is 27.6 Å².